The van der Waals surface area contributed by atoms with Crippen molar-refractivity contribution < 1.29 is 28.8 Å². The fraction of sp³-hybridized carbons (Fsp3) is 0.402. The Morgan fingerprint density at radius 1 is 0.430 bits per heavy atom. The summed E-state index contributed by atoms with van der Waals surface area (Å²) >= 11 is 5.76. The number of aliphatic hydroxyl groups excluding tert-OH is 1. The Morgan fingerprint density at radius 2 is 0.781 bits per heavy atom. The molecule has 0 unspecified atom stereocenters. The number of methoxy groups -OCH3 is 2. The first-order valence-electron chi connectivity index (χ1n) is 43.9. The van der Waals surface area contributed by atoms with E-state index in [0.717, 1.165) is 157 Å². The molecule has 6 aliphatic carbocycles. The van der Waals surface area contributed by atoms with Crippen LogP contribution < -0.4 is 47.7 Å². The number of carbonyl (C=O) groups excluding carboxylic acids is 1. The van der Waals surface area contributed by atoms with Gasteiger partial charge in [0.05, 0.1) is 66.7 Å². The van der Waals surface area contributed by atoms with E-state index in [1.807, 2.05) is 73.7 Å². The van der Waals surface area contributed by atoms with Crippen molar-refractivity contribution in [3.05, 3.63) is 280 Å². The molecule has 128 heavy (non-hydrogen) atoms. The Balaban J connectivity index is 0.000000145. The van der Waals surface area contributed by atoms with E-state index in [-0.39, 0.29) is 67.2 Å². The first-order valence-corrected chi connectivity index (χ1v) is 47.8. The quantitative estimate of drug-likeness (QED) is 0.0209. The molecule has 5 aromatic heterocycles. The Labute approximate surface area is 768 Å². The number of thioether (sulfide) groups is 4. The van der Waals surface area contributed by atoms with Crippen LogP contribution in [0, 0.1) is 0 Å². The topological polar surface area (TPSA) is 275 Å². The molecular formula is C102H121N11O11S4. The number of primary amides is 1. The third-order valence-corrected chi connectivity index (χ3v) is 27.8. The van der Waals surface area contributed by atoms with Crippen LogP contribution in [0.1, 0.15) is 164 Å². The van der Waals surface area contributed by atoms with Gasteiger partial charge in [0.15, 0.2) is 20.6 Å². The van der Waals surface area contributed by atoms with Gasteiger partial charge in [-0.3, -0.25) is 51.6 Å². The third kappa shape index (κ3) is 20.2. The lowest BCUT2D eigenvalue weighted by molar-refractivity contribution is -0.115. The van der Waals surface area contributed by atoms with Crippen molar-refractivity contribution in [3.63, 3.8) is 0 Å². The van der Waals surface area contributed by atoms with Crippen molar-refractivity contribution in [2.75, 3.05) is 63.7 Å². The molecule has 0 saturated heterocycles. The molecule has 5 heterocycles. The van der Waals surface area contributed by atoms with Crippen LogP contribution in [0.2, 0.25) is 0 Å². The molecule has 0 radical (unpaired) electrons. The first kappa shape index (κ1) is 96.5. The van der Waals surface area contributed by atoms with Crippen molar-refractivity contribution in [2.24, 2.45) is 5.73 Å². The summed E-state index contributed by atoms with van der Waals surface area (Å²) in [6, 6.07) is 37.1. The molecular weight excluding hydrogens is 1680 g/mol. The smallest absolute Gasteiger partial charge is 0.300 e. The molecule has 5 aromatic carbocycles. The normalized spacial score (nSPS) is 15.1. The molecule has 26 heteroatoms. The number of aromatic nitrogens is 10. The summed E-state index contributed by atoms with van der Waals surface area (Å²) in [6.07, 6.45) is 18.5. The highest BCUT2D eigenvalue weighted by Crippen LogP contribution is 2.51. The summed E-state index contributed by atoms with van der Waals surface area (Å²) in [5.74, 6) is 3.40. The van der Waals surface area contributed by atoms with Crippen molar-refractivity contribution in [2.45, 2.75) is 221 Å². The van der Waals surface area contributed by atoms with Crippen LogP contribution in [0.4, 0.5) is 0 Å². The van der Waals surface area contributed by atoms with Gasteiger partial charge in [0.2, 0.25) is 5.91 Å². The average molecular weight is 1810 g/mol. The highest BCUT2D eigenvalue weighted by atomic mass is 32.2. The molecule has 0 aliphatic heterocycles. The molecule has 6 aliphatic rings. The van der Waals surface area contributed by atoms with Crippen LogP contribution in [-0.2, 0) is 101 Å². The molecule has 1 saturated carbocycles. The number of ether oxygens (including phenoxy) is 4. The highest BCUT2D eigenvalue weighted by molar-refractivity contribution is 8.00. The fourth-order valence-corrected chi connectivity index (χ4v) is 21.6. The zero-order valence-corrected chi connectivity index (χ0v) is 79.6. The SMILES string of the molecule is C=CCn1c(OCC)nc2c(c1=O)C1(CCCCC1)Cc1ccccc1-2.C=CCn1c(SCC(N)=O)nc2c(c1=O)C(C)(C)Cc1ccccc1-2.C=CCn1c(SCC)nc2c(c1=O)C(C)(C)Cc1ccc(OC)cc1-2.C=CCn1c(SCC)nc2c(c1=O)C(C)(C)Cc1ccc(OCCOC)cc1-2.C=CCn1c(SCCO)nc2c(c1=O)C(C)(C)Cc1ccccc1-2. The van der Waals surface area contributed by atoms with E-state index in [2.05, 4.69) is 145 Å². The number of nitrogens with two attached hydrogens (primary N) is 1. The van der Waals surface area contributed by atoms with Gasteiger partial charge < -0.3 is 29.8 Å². The lowest BCUT2D eigenvalue weighted by Gasteiger charge is -2.42. The fourth-order valence-electron chi connectivity index (χ4n) is 18.6. The maximum atomic E-state index is 13.6. The van der Waals surface area contributed by atoms with Crippen LogP contribution in [0.5, 0.6) is 17.5 Å². The summed E-state index contributed by atoms with van der Waals surface area (Å²) in [4.78, 5) is 102. The van der Waals surface area contributed by atoms with Crippen molar-refractivity contribution in [3.8, 4) is 73.8 Å². The molecule has 16 rings (SSSR count). The zero-order valence-electron chi connectivity index (χ0n) is 76.3. The number of amides is 1. The van der Waals surface area contributed by atoms with Gasteiger partial charge in [-0.1, -0.05) is 251 Å². The van der Waals surface area contributed by atoms with E-state index < -0.39 is 5.91 Å². The van der Waals surface area contributed by atoms with Gasteiger partial charge in [0, 0.05) is 123 Å². The number of nitrogens with zero attached hydrogens (tertiary/aromatic N) is 10. The zero-order chi connectivity index (χ0) is 92.2. The second-order valence-corrected chi connectivity index (χ2v) is 39.6. The van der Waals surface area contributed by atoms with E-state index in [0.29, 0.717) is 80.3 Å². The van der Waals surface area contributed by atoms with E-state index >= 15 is 0 Å². The minimum atomic E-state index is -0.442. The standard InChI is InChI=1S/C22H28N2O3S.C22H26N2O2.C20H24N2O2S.C19H21N3O2S.C19H22N2O2S/c1-6-10-24-20(25)18-19(23-21(24)28-7-2)17-13-16(27-12-11-26-5)9-8-15(17)14-22(18,3)4;1-3-14-24-20(25)18-19(23-21(24)26-4-2)17-11-7-6-10-16(17)15-22(18)12-8-5-9-13-22;1-6-10-22-18(23)16-17(21-19(22)25-7-2)15-11-14(24-5)9-8-13(15)12-20(16,3)4;1-4-9-22-17(24)15-16(21-18(22)25-11-14(20)23)13-8-6-5-7-12(13)10-19(15,2)3;1-4-9-21-17(23)15-16(20-18(21)24-11-10-22)14-8-6-5-7-13(14)12-19(15,2)3/h6,8-9,13H,1,7,10-12,14H2,2-5H3;3,6-7,10-11H,1,4-5,8-9,12-15H2,2H3;6,8-9,11H,1,7,10,12H2,2-5H3;4-8H,1,9-11H2,2-3H3,(H2,20,23);4-8,22H,1,9-12H2,2-3H3. The number of rotatable bonds is 27. The van der Waals surface area contributed by atoms with E-state index in [9.17, 15) is 28.8 Å². The predicted octanol–water partition coefficient (Wildman–Crippen LogP) is 17.9. The number of fused-ring (bicyclic) bond motifs is 16. The average Bonchev–Trinajstić information content (AvgIpc) is 0.762. The second-order valence-electron chi connectivity index (χ2n) is 35.2. The van der Waals surface area contributed by atoms with Crippen LogP contribution in [0.15, 0.2) is 217 Å². The van der Waals surface area contributed by atoms with Crippen molar-refractivity contribution >= 4 is 53.0 Å². The Kier molecular flexibility index (Phi) is 31.6. The number of aliphatic hydroxyl groups is 1. The van der Waals surface area contributed by atoms with Gasteiger partial charge in [-0.2, -0.15) is 4.98 Å². The molecule has 1 amide bonds. The number of hydrogen-bond donors (Lipinski definition) is 2. The lowest BCUT2D eigenvalue weighted by Crippen LogP contribution is -2.43. The van der Waals surface area contributed by atoms with Crippen LogP contribution in [-0.4, -0.2) is 122 Å². The first-order chi connectivity index (χ1) is 61.4. The minimum absolute atomic E-state index is 0.000146. The Hall–Kier alpha value is -10.6. The van der Waals surface area contributed by atoms with E-state index in [1.165, 1.54) is 70.6 Å². The molecule has 1 spiro atoms. The lowest BCUT2D eigenvalue weighted by atomic mass is 9.62. The van der Waals surface area contributed by atoms with Crippen LogP contribution in [0.3, 0.4) is 0 Å². The molecule has 10 aromatic rings. The van der Waals surface area contributed by atoms with Gasteiger partial charge in [-0.05, 0) is 115 Å². The Bertz CT molecular complexity index is 6190. The summed E-state index contributed by atoms with van der Waals surface area (Å²) in [6.45, 7) is 45.4. The summed E-state index contributed by atoms with van der Waals surface area (Å²) < 4.78 is 30.4. The van der Waals surface area contributed by atoms with Gasteiger partial charge >= 0.3 is 0 Å². The number of hydrogen-bond acceptors (Lipinski definition) is 20. The van der Waals surface area contributed by atoms with E-state index in [4.69, 9.17) is 54.7 Å². The van der Waals surface area contributed by atoms with Crippen LogP contribution >= 0.6 is 47.0 Å². The van der Waals surface area contributed by atoms with Gasteiger partial charge in [0.25, 0.3) is 33.8 Å². The molecule has 22 nitrogen and oxygen atoms in total. The van der Waals surface area contributed by atoms with Gasteiger partial charge in [-0.15, -0.1) is 32.9 Å². The monoisotopic (exact) mass is 1800 g/mol. The van der Waals surface area contributed by atoms with Crippen LogP contribution in [0.25, 0.3) is 56.3 Å². The largest absolute Gasteiger partial charge is 0.497 e. The maximum absolute atomic E-state index is 13.6. The molecule has 674 valence electrons. The van der Waals surface area contributed by atoms with Gasteiger partial charge in [0.1, 0.15) is 18.1 Å². The van der Waals surface area contributed by atoms with E-state index in [1.54, 1.807) is 91.0 Å². The number of carbonyl (C=O) groups is 1. The summed E-state index contributed by atoms with van der Waals surface area (Å²) in [5.41, 5.74) is 23.2. The predicted molar refractivity (Wildman–Crippen MR) is 522 cm³/mol. The molecule has 3 N–H and O–H groups in total. The number of allylic oxidation sites excluding steroid dienone is 5. The summed E-state index contributed by atoms with van der Waals surface area (Å²) in [7, 11) is 3.31. The third-order valence-electron chi connectivity index (χ3n) is 24.1. The molecule has 1 fully saturated rings. The van der Waals surface area contributed by atoms with Crippen molar-refractivity contribution in [1.29, 1.82) is 0 Å². The maximum Gasteiger partial charge on any atom is 0.300 e. The highest BCUT2D eigenvalue weighted by Gasteiger charge is 2.45. The summed E-state index contributed by atoms with van der Waals surface area (Å²) in [5, 5.41) is 11.8. The molecule has 0 bridgehead atoms. The Morgan fingerprint density at radius 3 is 1.16 bits per heavy atom. The van der Waals surface area contributed by atoms with Gasteiger partial charge in [-0.25, -0.2) is 19.9 Å². The van der Waals surface area contributed by atoms with Crippen molar-refractivity contribution in [1.82, 2.24) is 47.8 Å². The molecule has 0 atom stereocenters. The second kappa shape index (κ2) is 41.9. The minimum Gasteiger partial charge on any atom is -0.497 e. The number of benzene rings is 5.